The number of para-hydroxylation sites is 2. The van der Waals surface area contributed by atoms with Crippen LogP contribution in [0.1, 0.15) is 41.6 Å². The molecule has 0 saturated heterocycles. The van der Waals surface area contributed by atoms with Crippen molar-refractivity contribution in [3.05, 3.63) is 192 Å². The SMILES string of the molecule is [2H]C([2H])([2H])c1cc(Oc2ccc3c4ccccc4n(-c4cc(C)ccn4)c3c2)cc(-c2cnc(-c3cc(Oc4ccc5c6ccccc6n(-c6cc(C)ccn6)c5c4)cc(C)c3C)cn2)c1C([2H])([2H])[2H]. The van der Waals surface area contributed by atoms with Gasteiger partial charge in [0.25, 0.3) is 0 Å². The predicted molar refractivity (Wildman–Crippen MR) is 259 cm³/mol. The molecule has 0 radical (unpaired) electrons. The molecule has 6 aromatic carbocycles. The monoisotopic (exact) mass is 838 g/mol. The van der Waals surface area contributed by atoms with E-state index in [1.807, 2.05) is 118 Å². The summed E-state index contributed by atoms with van der Waals surface area (Å²) in [6.07, 6.45) is 6.63. The number of aromatic nitrogens is 6. The number of rotatable bonds is 8. The van der Waals surface area contributed by atoms with Gasteiger partial charge in [-0.2, -0.15) is 0 Å². The fourth-order valence-electron chi connectivity index (χ4n) is 8.71. The van der Waals surface area contributed by atoms with Crippen LogP contribution in [0, 0.1) is 41.4 Å². The van der Waals surface area contributed by atoms with E-state index in [4.69, 9.17) is 32.7 Å². The summed E-state index contributed by atoms with van der Waals surface area (Å²) in [5.74, 6) is 3.31. The van der Waals surface area contributed by atoms with Gasteiger partial charge in [-0.05, 0) is 160 Å². The molecule has 0 atom stereocenters. The number of benzene rings is 6. The third-order valence-corrected chi connectivity index (χ3v) is 12.0. The lowest BCUT2D eigenvalue weighted by molar-refractivity contribution is 0.482. The minimum absolute atomic E-state index is 0.0699. The van der Waals surface area contributed by atoms with Gasteiger partial charge in [0.1, 0.15) is 34.6 Å². The van der Waals surface area contributed by atoms with Crippen molar-refractivity contribution in [1.29, 1.82) is 0 Å². The van der Waals surface area contributed by atoms with Crippen LogP contribution >= 0.6 is 0 Å². The Morgan fingerprint density at radius 3 is 1.39 bits per heavy atom. The average molecular weight is 839 g/mol. The van der Waals surface area contributed by atoms with Crippen LogP contribution in [-0.4, -0.2) is 29.1 Å². The summed E-state index contributed by atoms with van der Waals surface area (Å²) < 4.78 is 68.6. The van der Waals surface area contributed by atoms with Gasteiger partial charge in [-0.3, -0.25) is 19.1 Å². The normalized spacial score (nSPS) is 13.4. The van der Waals surface area contributed by atoms with Crippen LogP contribution in [0.3, 0.4) is 0 Å². The van der Waals surface area contributed by atoms with Crippen LogP contribution in [0.15, 0.2) is 158 Å². The second-order valence-corrected chi connectivity index (χ2v) is 16.2. The van der Waals surface area contributed by atoms with E-state index in [1.54, 1.807) is 12.4 Å². The molecule has 0 N–H and O–H groups in total. The average Bonchev–Trinajstić information content (AvgIpc) is 3.84. The first-order valence-electron chi connectivity index (χ1n) is 24.0. The zero-order chi connectivity index (χ0) is 48.6. The molecular formula is C56H44N6O2. The maximum Gasteiger partial charge on any atom is 0.137 e. The lowest BCUT2D eigenvalue weighted by Crippen LogP contribution is -1.98. The molecule has 8 heteroatoms. The van der Waals surface area contributed by atoms with E-state index in [-0.39, 0.29) is 28.1 Å². The summed E-state index contributed by atoms with van der Waals surface area (Å²) in [6, 6.07) is 42.7. The van der Waals surface area contributed by atoms with E-state index in [2.05, 4.69) is 51.4 Å². The summed E-state index contributed by atoms with van der Waals surface area (Å²) in [4.78, 5) is 19.0. The topological polar surface area (TPSA) is 79.9 Å². The van der Waals surface area contributed by atoms with Gasteiger partial charge in [-0.1, -0.05) is 36.4 Å². The van der Waals surface area contributed by atoms with Gasteiger partial charge in [0.05, 0.1) is 45.8 Å². The fourth-order valence-corrected chi connectivity index (χ4v) is 8.71. The number of hydrogen-bond acceptors (Lipinski definition) is 6. The molecule has 0 spiro atoms. The molecule has 0 aliphatic carbocycles. The second kappa shape index (κ2) is 15.4. The van der Waals surface area contributed by atoms with Crippen molar-refractivity contribution in [2.24, 2.45) is 0 Å². The quantitative estimate of drug-likeness (QED) is 0.152. The Bertz CT molecular complexity index is 3880. The Balaban J connectivity index is 0.961. The highest BCUT2D eigenvalue weighted by molar-refractivity contribution is 6.10. The van der Waals surface area contributed by atoms with Crippen LogP contribution < -0.4 is 9.47 Å². The fraction of sp³-hybridized carbons (Fsp3) is 0.107. The number of aryl methyl sites for hydroxylation is 4. The van der Waals surface area contributed by atoms with Crippen LogP contribution in [-0.2, 0) is 0 Å². The van der Waals surface area contributed by atoms with E-state index >= 15 is 0 Å². The van der Waals surface area contributed by atoms with Crippen molar-refractivity contribution < 1.29 is 17.7 Å². The smallest absolute Gasteiger partial charge is 0.137 e. The molecule has 5 heterocycles. The molecule has 64 heavy (non-hydrogen) atoms. The Hall–Kier alpha value is -8.10. The predicted octanol–water partition coefficient (Wildman–Crippen LogP) is 14.2. The minimum Gasteiger partial charge on any atom is -0.457 e. The molecule has 0 bridgehead atoms. The van der Waals surface area contributed by atoms with Crippen molar-refractivity contribution in [3.63, 3.8) is 0 Å². The van der Waals surface area contributed by atoms with Gasteiger partial charge >= 0.3 is 0 Å². The molecule has 11 aromatic rings. The summed E-state index contributed by atoms with van der Waals surface area (Å²) in [5.41, 5.74) is 8.65. The molecule has 0 aliphatic rings. The van der Waals surface area contributed by atoms with Crippen LogP contribution in [0.25, 0.3) is 77.8 Å². The number of nitrogens with zero attached hydrogens (tertiary/aromatic N) is 6. The molecule has 11 rings (SSSR count). The van der Waals surface area contributed by atoms with Gasteiger partial charge in [0.2, 0.25) is 0 Å². The molecule has 0 amide bonds. The number of fused-ring (bicyclic) bond motifs is 6. The Kier molecular flexibility index (Phi) is 7.82. The molecule has 8 nitrogen and oxygen atoms in total. The lowest BCUT2D eigenvalue weighted by atomic mass is 9.99. The van der Waals surface area contributed by atoms with Gasteiger partial charge in [0.15, 0.2) is 0 Å². The van der Waals surface area contributed by atoms with Gasteiger partial charge < -0.3 is 9.47 Å². The van der Waals surface area contributed by atoms with Crippen molar-refractivity contribution in [3.8, 4) is 57.1 Å². The summed E-state index contributed by atoms with van der Waals surface area (Å²) in [7, 11) is 0. The summed E-state index contributed by atoms with van der Waals surface area (Å²) in [6.45, 7) is 2.41. The van der Waals surface area contributed by atoms with E-state index in [0.717, 1.165) is 83.1 Å². The highest BCUT2D eigenvalue weighted by atomic mass is 16.5. The third-order valence-electron chi connectivity index (χ3n) is 12.0. The van der Waals surface area contributed by atoms with Gasteiger partial charge in [-0.25, -0.2) is 9.97 Å². The zero-order valence-corrected chi connectivity index (χ0v) is 35.5. The Morgan fingerprint density at radius 1 is 0.422 bits per heavy atom. The van der Waals surface area contributed by atoms with E-state index in [1.165, 1.54) is 18.3 Å². The second-order valence-electron chi connectivity index (χ2n) is 16.2. The zero-order valence-electron chi connectivity index (χ0n) is 41.5. The van der Waals surface area contributed by atoms with Crippen molar-refractivity contribution in [2.75, 3.05) is 0 Å². The molecular weight excluding hydrogens is 789 g/mol. The molecule has 0 fully saturated rings. The molecule has 5 aromatic heterocycles. The first-order valence-corrected chi connectivity index (χ1v) is 21.0. The first kappa shape index (κ1) is 32.6. The largest absolute Gasteiger partial charge is 0.457 e. The van der Waals surface area contributed by atoms with Crippen molar-refractivity contribution in [1.82, 2.24) is 29.1 Å². The van der Waals surface area contributed by atoms with E-state index in [9.17, 15) is 0 Å². The number of hydrogen-bond donors (Lipinski definition) is 0. The van der Waals surface area contributed by atoms with E-state index in [0.29, 0.717) is 22.9 Å². The van der Waals surface area contributed by atoms with Crippen molar-refractivity contribution >= 4 is 43.6 Å². The maximum absolute atomic E-state index is 8.59. The summed E-state index contributed by atoms with van der Waals surface area (Å²) in [5, 5.41) is 4.19. The third kappa shape index (κ3) is 6.71. The summed E-state index contributed by atoms with van der Waals surface area (Å²) >= 11 is 0. The lowest BCUT2D eigenvalue weighted by Gasteiger charge is -2.15. The van der Waals surface area contributed by atoms with Gasteiger partial charge in [0, 0.05) is 65.4 Å². The number of ether oxygens (including phenoxy) is 2. The minimum atomic E-state index is -2.83. The number of pyridine rings is 2. The highest BCUT2D eigenvalue weighted by Crippen LogP contribution is 2.39. The molecule has 0 saturated carbocycles. The van der Waals surface area contributed by atoms with E-state index < -0.39 is 13.7 Å². The standard InChI is InChI=1S/C56H44N6O2/c1-33-19-21-57-55(23-33)61-51-13-9-7-11-43(51)45-17-15-39(29-53(45)61)63-41-25-35(3)37(5)47(27-41)49-31-60-50(32-59-49)48-28-42(26-36(4)38(48)6)64-40-16-18-46-44-12-8-10-14-52(44)62(54(46)30-40)56-24-34(2)20-22-58-56/h7-32H,1-6H3/i3D3,5D3. The maximum atomic E-state index is 8.59. The van der Waals surface area contributed by atoms with Crippen LogP contribution in [0.4, 0.5) is 0 Å². The molecule has 0 aliphatic heterocycles. The molecule has 0 unspecified atom stereocenters. The Labute approximate surface area is 379 Å². The molecule has 310 valence electrons. The highest BCUT2D eigenvalue weighted by Gasteiger charge is 2.18. The van der Waals surface area contributed by atoms with Crippen LogP contribution in [0.2, 0.25) is 0 Å². The Morgan fingerprint density at radius 2 is 0.906 bits per heavy atom. The van der Waals surface area contributed by atoms with Crippen LogP contribution in [0.5, 0.6) is 23.0 Å². The van der Waals surface area contributed by atoms with Gasteiger partial charge in [-0.15, -0.1) is 0 Å². The first-order chi connectivity index (χ1) is 33.6. The van der Waals surface area contributed by atoms with Crippen molar-refractivity contribution in [2.45, 2.75) is 41.4 Å².